The summed E-state index contributed by atoms with van der Waals surface area (Å²) in [5.74, 6) is 1.19. The van der Waals surface area contributed by atoms with Crippen LogP contribution in [-0.4, -0.2) is 48.9 Å². The molecule has 0 radical (unpaired) electrons. The molecule has 188 valence electrons. The molecule has 4 rings (SSSR count). The van der Waals surface area contributed by atoms with Crippen molar-refractivity contribution in [2.45, 2.75) is 58.4 Å². The number of fused-ring (bicyclic) bond motifs is 1. The molecule has 0 atom stereocenters. The minimum absolute atomic E-state index is 0.0669. The zero-order chi connectivity index (χ0) is 25.6. The number of sulfone groups is 1. The molecule has 1 aromatic heterocycles. The van der Waals surface area contributed by atoms with Crippen molar-refractivity contribution >= 4 is 33.2 Å². The summed E-state index contributed by atoms with van der Waals surface area (Å²) in [7, 11) is -3.04. The smallest absolute Gasteiger partial charge is 0.251 e. The highest BCUT2D eigenvalue weighted by molar-refractivity contribution is 7.91. The monoisotopic (exact) mass is 499 g/mol. The molecule has 2 aliphatic heterocycles. The average Bonchev–Trinajstić information content (AvgIpc) is 3.00. The van der Waals surface area contributed by atoms with Crippen LogP contribution in [-0.2, 0) is 20.0 Å². The number of benzene rings is 1. The lowest BCUT2D eigenvalue weighted by Crippen LogP contribution is -2.50. The fourth-order valence-electron chi connectivity index (χ4n) is 4.44. The molecule has 1 fully saturated rings. The molecule has 1 N–H and O–H groups in total. The summed E-state index contributed by atoms with van der Waals surface area (Å²) < 4.78 is 29.4. The van der Waals surface area contributed by atoms with Gasteiger partial charge in [-0.2, -0.15) is 0 Å². The van der Waals surface area contributed by atoms with Crippen molar-refractivity contribution in [2.24, 2.45) is 5.92 Å². The lowest BCUT2D eigenvalue weighted by molar-refractivity contribution is -0.121. The van der Waals surface area contributed by atoms with Gasteiger partial charge in [0.25, 0.3) is 5.91 Å². The van der Waals surface area contributed by atoms with Gasteiger partial charge in [-0.3, -0.25) is 14.5 Å². The van der Waals surface area contributed by atoms with Crippen molar-refractivity contribution in [3.63, 3.8) is 0 Å². The van der Waals surface area contributed by atoms with Gasteiger partial charge >= 0.3 is 0 Å². The van der Waals surface area contributed by atoms with Crippen molar-refractivity contribution in [1.82, 2.24) is 10.3 Å². The van der Waals surface area contributed by atoms with Gasteiger partial charge in [0.05, 0.1) is 29.2 Å². The van der Waals surface area contributed by atoms with Crippen molar-refractivity contribution in [3.8, 4) is 5.75 Å². The van der Waals surface area contributed by atoms with E-state index in [1.807, 2.05) is 20.8 Å². The highest BCUT2D eigenvalue weighted by Gasteiger charge is 2.45. The Hall–Kier alpha value is -2.94. The van der Waals surface area contributed by atoms with Crippen LogP contribution in [0.2, 0.25) is 0 Å². The molecule has 0 saturated carbocycles. The minimum Gasteiger partial charge on any atom is -0.493 e. The van der Waals surface area contributed by atoms with Crippen LogP contribution in [0.15, 0.2) is 36.5 Å². The second-order valence-corrected chi connectivity index (χ2v) is 13.0. The molecular formula is C26H33N3O5S. The Morgan fingerprint density at radius 1 is 1.14 bits per heavy atom. The van der Waals surface area contributed by atoms with Crippen molar-refractivity contribution in [2.75, 3.05) is 23.0 Å². The maximum atomic E-state index is 13.5. The summed E-state index contributed by atoms with van der Waals surface area (Å²) >= 11 is 0. The van der Waals surface area contributed by atoms with E-state index in [4.69, 9.17) is 4.74 Å². The molecule has 9 heteroatoms. The van der Waals surface area contributed by atoms with Crippen LogP contribution < -0.4 is 15.0 Å². The largest absolute Gasteiger partial charge is 0.493 e. The first-order valence-electron chi connectivity index (χ1n) is 11.9. The van der Waals surface area contributed by atoms with Crippen LogP contribution in [0.25, 0.3) is 0 Å². The molecule has 2 aromatic rings. The number of ether oxygens (including phenoxy) is 1. The number of aromatic nitrogens is 1. The lowest BCUT2D eigenvalue weighted by atomic mass is 9.85. The summed E-state index contributed by atoms with van der Waals surface area (Å²) in [6.07, 6.45) is 2.38. The maximum absolute atomic E-state index is 13.5. The quantitative estimate of drug-likeness (QED) is 0.649. The van der Waals surface area contributed by atoms with Crippen LogP contribution in [0.5, 0.6) is 5.75 Å². The van der Waals surface area contributed by atoms with E-state index < -0.39 is 20.8 Å². The summed E-state index contributed by atoms with van der Waals surface area (Å²) in [4.78, 5) is 32.6. The van der Waals surface area contributed by atoms with Gasteiger partial charge in [-0.05, 0) is 69.4 Å². The van der Waals surface area contributed by atoms with Crippen molar-refractivity contribution in [1.29, 1.82) is 0 Å². The number of anilines is 2. The standard InChI is InChI=1S/C26H33N3O5S/c1-17(2)16-34-19-8-11-27-22(15-19)29-21-7-6-18(14-20(21)25(3,4)24(29)31)23(30)28-26(5)9-12-35(32,33)13-10-26/h6-8,11,14-15,17H,9-10,12-13,16H2,1-5H3,(H,28,30). The molecule has 0 unspecified atom stereocenters. The molecule has 1 saturated heterocycles. The third-order valence-electron chi connectivity index (χ3n) is 6.79. The molecule has 3 heterocycles. The molecule has 35 heavy (non-hydrogen) atoms. The Balaban J connectivity index is 1.61. The van der Waals surface area contributed by atoms with E-state index in [1.54, 1.807) is 41.4 Å². The van der Waals surface area contributed by atoms with E-state index in [9.17, 15) is 18.0 Å². The fourth-order valence-corrected chi connectivity index (χ4v) is 6.17. The lowest BCUT2D eigenvalue weighted by Gasteiger charge is -2.34. The highest BCUT2D eigenvalue weighted by Crippen LogP contribution is 2.45. The number of carbonyl (C=O) groups is 2. The summed E-state index contributed by atoms with van der Waals surface area (Å²) in [6.45, 7) is 10.2. The van der Waals surface area contributed by atoms with Crippen LogP contribution in [0.1, 0.15) is 63.4 Å². The number of amides is 2. The molecule has 2 aliphatic rings. The van der Waals surface area contributed by atoms with E-state index in [1.165, 1.54) is 0 Å². The number of rotatable bonds is 6. The van der Waals surface area contributed by atoms with Gasteiger partial charge in [-0.1, -0.05) is 13.8 Å². The molecule has 1 aromatic carbocycles. The van der Waals surface area contributed by atoms with Gasteiger partial charge in [0.2, 0.25) is 5.91 Å². The summed E-state index contributed by atoms with van der Waals surface area (Å²) in [5, 5.41) is 3.02. The van der Waals surface area contributed by atoms with Gasteiger partial charge in [0.15, 0.2) is 0 Å². The Morgan fingerprint density at radius 2 is 1.83 bits per heavy atom. The van der Waals surface area contributed by atoms with E-state index >= 15 is 0 Å². The van der Waals surface area contributed by atoms with Crippen molar-refractivity contribution < 1.29 is 22.7 Å². The van der Waals surface area contributed by atoms with Gasteiger partial charge in [-0.25, -0.2) is 13.4 Å². The molecule has 0 spiro atoms. The third kappa shape index (κ3) is 5.05. The zero-order valence-corrected chi connectivity index (χ0v) is 21.7. The van der Waals surface area contributed by atoms with Crippen LogP contribution in [0.4, 0.5) is 11.5 Å². The van der Waals surface area contributed by atoms with E-state index in [0.717, 1.165) is 5.56 Å². The van der Waals surface area contributed by atoms with E-state index in [-0.39, 0.29) is 23.3 Å². The maximum Gasteiger partial charge on any atom is 0.251 e. The minimum atomic E-state index is -3.04. The van der Waals surface area contributed by atoms with Gasteiger partial charge in [0, 0.05) is 23.4 Å². The predicted octanol–water partition coefficient (Wildman–Crippen LogP) is 3.77. The molecular weight excluding hydrogens is 466 g/mol. The van der Waals surface area contributed by atoms with Crippen LogP contribution in [0, 0.1) is 5.92 Å². The van der Waals surface area contributed by atoms with E-state index in [0.29, 0.717) is 48.2 Å². The summed E-state index contributed by atoms with van der Waals surface area (Å²) in [5.41, 5.74) is 0.411. The first kappa shape index (κ1) is 25.2. The van der Waals surface area contributed by atoms with E-state index in [2.05, 4.69) is 24.1 Å². The zero-order valence-electron chi connectivity index (χ0n) is 20.9. The third-order valence-corrected chi connectivity index (χ3v) is 8.44. The van der Waals surface area contributed by atoms with Gasteiger partial charge in [-0.15, -0.1) is 0 Å². The number of pyridine rings is 1. The topological polar surface area (TPSA) is 106 Å². The molecule has 0 bridgehead atoms. The summed E-state index contributed by atoms with van der Waals surface area (Å²) in [6, 6.07) is 8.74. The first-order chi connectivity index (χ1) is 16.3. The number of carbonyl (C=O) groups excluding carboxylic acids is 2. The number of hydrogen-bond acceptors (Lipinski definition) is 6. The first-order valence-corrected chi connectivity index (χ1v) is 13.7. The number of hydrogen-bond donors (Lipinski definition) is 1. The number of nitrogens with one attached hydrogen (secondary N) is 1. The highest BCUT2D eigenvalue weighted by atomic mass is 32.2. The predicted molar refractivity (Wildman–Crippen MR) is 135 cm³/mol. The van der Waals surface area contributed by atoms with Gasteiger partial charge in [0.1, 0.15) is 21.4 Å². The Morgan fingerprint density at radius 3 is 2.49 bits per heavy atom. The Kier molecular flexibility index (Phi) is 6.42. The van der Waals surface area contributed by atoms with Crippen LogP contribution >= 0.6 is 0 Å². The average molecular weight is 500 g/mol. The second-order valence-electron chi connectivity index (χ2n) is 10.7. The molecule has 0 aliphatic carbocycles. The second kappa shape index (κ2) is 8.93. The Labute approximate surface area is 207 Å². The van der Waals surface area contributed by atoms with Crippen molar-refractivity contribution in [3.05, 3.63) is 47.7 Å². The Bertz CT molecular complexity index is 1260. The normalized spacial score (nSPS) is 19.9. The van der Waals surface area contributed by atoms with Gasteiger partial charge < -0.3 is 10.1 Å². The molecule has 2 amide bonds. The fraction of sp³-hybridized carbons (Fsp3) is 0.500. The SMILES string of the molecule is CC(C)COc1ccnc(N2C(=O)C(C)(C)c3cc(C(=O)NC4(C)CCS(=O)(=O)CC4)ccc32)c1. The van der Waals surface area contributed by atoms with Crippen LogP contribution in [0.3, 0.4) is 0 Å². The molecule has 8 nitrogen and oxygen atoms in total. The number of nitrogens with zero attached hydrogens (tertiary/aromatic N) is 2.